The molecule has 0 aliphatic rings. The lowest BCUT2D eigenvalue weighted by molar-refractivity contribution is 0.279. The van der Waals surface area contributed by atoms with Gasteiger partial charge in [0.2, 0.25) is 5.95 Å². The maximum absolute atomic E-state index is 9.58. The van der Waals surface area contributed by atoms with Crippen LogP contribution in [-0.4, -0.2) is 15.1 Å². The number of hydrogen-bond donors (Lipinski definition) is 3. The number of fused-ring (bicyclic) bond motifs is 1. The van der Waals surface area contributed by atoms with Crippen molar-refractivity contribution in [1.82, 2.24) is 9.97 Å². The number of aliphatic hydroxyl groups is 1. The van der Waals surface area contributed by atoms with Crippen molar-refractivity contribution in [3.05, 3.63) is 83.9 Å². The highest BCUT2D eigenvalue weighted by atomic mass is 32.2. The van der Waals surface area contributed by atoms with Crippen molar-refractivity contribution in [3.8, 4) is 0 Å². The van der Waals surface area contributed by atoms with Gasteiger partial charge in [0.05, 0.1) is 12.1 Å². The van der Waals surface area contributed by atoms with Crippen LogP contribution in [0.5, 0.6) is 0 Å². The highest BCUT2D eigenvalue weighted by Crippen LogP contribution is 2.33. The van der Waals surface area contributed by atoms with Gasteiger partial charge in [0.1, 0.15) is 5.82 Å². The molecule has 4 rings (SSSR count). The first-order chi connectivity index (χ1) is 13.7. The average Bonchev–Trinajstić information content (AvgIpc) is 2.73. The topological polar surface area (TPSA) is 84.1 Å². The number of nitrogens with two attached hydrogens (primary N) is 1. The zero-order chi connectivity index (χ0) is 19.3. The molecule has 5 nitrogen and oxygen atoms in total. The van der Waals surface area contributed by atoms with E-state index in [9.17, 15) is 5.11 Å². The van der Waals surface area contributed by atoms with Crippen LogP contribution in [0.15, 0.2) is 82.6 Å². The van der Waals surface area contributed by atoms with Crippen LogP contribution in [0.1, 0.15) is 11.1 Å². The Labute approximate surface area is 167 Å². The highest BCUT2D eigenvalue weighted by Gasteiger charge is 2.09. The molecule has 3 aromatic carbocycles. The second kappa shape index (κ2) is 8.29. The van der Waals surface area contributed by atoms with Crippen LogP contribution < -0.4 is 11.1 Å². The standard InChI is InChI=1S/C22H20N4OS/c23-21-17-9-3-4-10-18(17)25-22(26-21)24-13-15-7-1-5-11-19(15)28-20-12-6-2-8-16(20)14-27/h1-12,27H,13-14H2,(H3,23,24,25,26). The van der Waals surface area contributed by atoms with Crippen molar-refractivity contribution in [1.29, 1.82) is 0 Å². The smallest absolute Gasteiger partial charge is 0.225 e. The van der Waals surface area contributed by atoms with Crippen molar-refractivity contribution >= 4 is 34.4 Å². The Balaban J connectivity index is 1.56. The summed E-state index contributed by atoms with van der Waals surface area (Å²) in [6, 6.07) is 23.7. The highest BCUT2D eigenvalue weighted by molar-refractivity contribution is 7.99. The largest absolute Gasteiger partial charge is 0.392 e. The maximum atomic E-state index is 9.58. The molecule has 0 aliphatic heterocycles. The zero-order valence-electron chi connectivity index (χ0n) is 15.2. The van der Waals surface area contributed by atoms with Gasteiger partial charge in [-0.25, -0.2) is 4.98 Å². The van der Waals surface area contributed by atoms with Gasteiger partial charge in [-0.2, -0.15) is 4.98 Å². The quantitative estimate of drug-likeness (QED) is 0.452. The van der Waals surface area contributed by atoms with Gasteiger partial charge in [0.15, 0.2) is 0 Å². The van der Waals surface area contributed by atoms with Gasteiger partial charge in [-0.05, 0) is 35.4 Å². The van der Waals surface area contributed by atoms with Crippen molar-refractivity contribution in [3.63, 3.8) is 0 Å². The SMILES string of the molecule is Nc1nc(NCc2ccccc2Sc2ccccc2CO)nc2ccccc12. The van der Waals surface area contributed by atoms with Gasteiger partial charge in [0, 0.05) is 21.7 Å². The Kier molecular flexibility index (Phi) is 5.41. The van der Waals surface area contributed by atoms with Crippen molar-refractivity contribution in [2.45, 2.75) is 22.9 Å². The number of nitrogens with zero attached hydrogens (tertiary/aromatic N) is 2. The van der Waals surface area contributed by atoms with E-state index in [1.165, 1.54) is 0 Å². The molecule has 0 saturated heterocycles. The first-order valence-corrected chi connectivity index (χ1v) is 9.77. The predicted molar refractivity (Wildman–Crippen MR) is 114 cm³/mol. The number of nitrogen functional groups attached to an aromatic ring is 1. The lowest BCUT2D eigenvalue weighted by Gasteiger charge is -2.13. The third-order valence-electron chi connectivity index (χ3n) is 4.41. The number of hydrogen-bond acceptors (Lipinski definition) is 6. The average molecular weight is 388 g/mol. The number of para-hydroxylation sites is 1. The van der Waals surface area contributed by atoms with E-state index in [-0.39, 0.29) is 6.61 Å². The lowest BCUT2D eigenvalue weighted by atomic mass is 10.2. The number of aromatic nitrogens is 2. The molecule has 4 N–H and O–H groups in total. The molecule has 0 atom stereocenters. The Morgan fingerprint density at radius 3 is 2.25 bits per heavy atom. The molecule has 0 amide bonds. The molecule has 0 saturated carbocycles. The monoisotopic (exact) mass is 388 g/mol. The van der Waals surface area contributed by atoms with Crippen LogP contribution in [0.4, 0.5) is 11.8 Å². The van der Waals surface area contributed by atoms with E-state index >= 15 is 0 Å². The maximum Gasteiger partial charge on any atom is 0.225 e. The van der Waals surface area contributed by atoms with Crippen LogP contribution in [0.3, 0.4) is 0 Å². The molecule has 0 unspecified atom stereocenters. The van der Waals surface area contributed by atoms with E-state index in [0.29, 0.717) is 18.3 Å². The molecule has 0 spiro atoms. The Hall–Kier alpha value is -3.09. The van der Waals surface area contributed by atoms with Crippen molar-refractivity contribution in [2.24, 2.45) is 0 Å². The van der Waals surface area contributed by atoms with Crippen LogP contribution in [0, 0.1) is 0 Å². The van der Waals surface area contributed by atoms with E-state index in [4.69, 9.17) is 5.73 Å². The van der Waals surface area contributed by atoms with Gasteiger partial charge >= 0.3 is 0 Å². The second-order valence-electron chi connectivity index (χ2n) is 6.28. The van der Waals surface area contributed by atoms with Gasteiger partial charge < -0.3 is 16.2 Å². The van der Waals surface area contributed by atoms with E-state index in [0.717, 1.165) is 31.8 Å². The fraction of sp³-hybridized carbons (Fsp3) is 0.0909. The summed E-state index contributed by atoms with van der Waals surface area (Å²) in [6.07, 6.45) is 0. The Morgan fingerprint density at radius 2 is 1.46 bits per heavy atom. The minimum atomic E-state index is 0.0216. The second-order valence-corrected chi connectivity index (χ2v) is 7.36. The van der Waals surface area contributed by atoms with E-state index < -0.39 is 0 Å². The fourth-order valence-corrected chi connectivity index (χ4v) is 4.02. The molecule has 6 heteroatoms. The van der Waals surface area contributed by atoms with Crippen LogP contribution in [0.2, 0.25) is 0 Å². The third-order valence-corrected chi connectivity index (χ3v) is 5.64. The number of benzene rings is 3. The summed E-state index contributed by atoms with van der Waals surface area (Å²) >= 11 is 1.64. The molecule has 1 heterocycles. The molecule has 0 aliphatic carbocycles. The van der Waals surface area contributed by atoms with Crippen molar-refractivity contribution in [2.75, 3.05) is 11.1 Å². The summed E-state index contributed by atoms with van der Waals surface area (Å²) in [7, 11) is 0. The van der Waals surface area contributed by atoms with Crippen LogP contribution in [0.25, 0.3) is 10.9 Å². The zero-order valence-corrected chi connectivity index (χ0v) is 16.0. The normalized spacial score (nSPS) is 10.9. The van der Waals surface area contributed by atoms with Gasteiger partial charge in [-0.1, -0.05) is 60.3 Å². The Morgan fingerprint density at radius 1 is 0.821 bits per heavy atom. The summed E-state index contributed by atoms with van der Waals surface area (Å²) in [5.74, 6) is 0.972. The number of aliphatic hydroxyl groups excluding tert-OH is 1. The summed E-state index contributed by atoms with van der Waals surface area (Å²) in [4.78, 5) is 11.1. The summed E-state index contributed by atoms with van der Waals surface area (Å²) in [6.45, 7) is 0.593. The molecule has 28 heavy (non-hydrogen) atoms. The molecular formula is C22H20N4OS. The first-order valence-electron chi connectivity index (χ1n) is 8.95. The van der Waals surface area contributed by atoms with Gasteiger partial charge in [-0.15, -0.1) is 0 Å². The summed E-state index contributed by atoms with van der Waals surface area (Å²) < 4.78 is 0. The predicted octanol–water partition coefficient (Wildman–Crippen LogP) is 4.47. The van der Waals surface area contributed by atoms with Gasteiger partial charge in [0.25, 0.3) is 0 Å². The molecule has 1 aromatic heterocycles. The lowest BCUT2D eigenvalue weighted by Crippen LogP contribution is -2.06. The number of nitrogens with one attached hydrogen (secondary N) is 1. The number of anilines is 2. The third kappa shape index (κ3) is 3.93. The molecule has 0 radical (unpaired) electrons. The molecule has 4 aromatic rings. The van der Waals surface area contributed by atoms with Crippen molar-refractivity contribution < 1.29 is 5.11 Å². The molecule has 0 bridgehead atoms. The minimum absolute atomic E-state index is 0.0216. The van der Waals surface area contributed by atoms with Crippen LogP contribution >= 0.6 is 11.8 Å². The summed E-state index contributed by atoms with van der Waals surface area (Å²) in [5, 5.41) is 13.7. The fourth-order valence-electron chi connectivity index (χ4n) is 2.96. The van der Waals surface area contributed by atoms with E-state index in [2.05, 4.69) is 27.4 Å². The summed E-state index contributed by atoms with van der Waals surface area (Å²) in [5.41, 5.74) is 8.93. The first kappa shape index (κ1) is 18.3. The van der Waals surface area contributed by atoms with E-state index in [1.807, 2.05) is 60.7 Å². The van der Waals surface area contributed by atoms with Gasteiger partial charge in [-0.3, -0.25) is 0 Å². The Bertz CT molecular complexity index is 1120. The molecular weight excluding hydrogens is 368 g/mol. The number of rotatable bonds is 6. The molecule has 0 fully saturated rings. The molecule has 140 valence electrons. The minimum Gasteiger partial charge on any atom is -0.392 e. The van der Waals surface area contributed by atoms with Crippen LogP contribution in [-0.2, 0) is 13.2 Å². The van der Waals surface area contributed by atoms with E-state index in [1.54, 1.807) is 11.8 Å².